The number of hydrogen-bond donors (Lipinski definition) is 3. The maximum absolute atomic E-state index is 12.5. The number of hydrogen-bond acceptors (Lipinski definition) is 4. The average molecular weight is 381 g/mol. The Morgan fingerprint density at radius 2 is 2.21 bits per heavy atom. The van der Waals surface area contributed by atoms with Crippen molar-refractivity contribution in [3.05, 3.63) is 47.8 Å². The van der Waals surface area contributed by atoms with Gasteiger partial charge in [0.05, 0.1) is 35.5 Å². The van der Waals surface area contributed by atoms with Gasteiger partial charge in [0.15, 0.2) is 0 Å². The molecule has 7 nitrogen and oxygen atoms in total. The molecule has 148 valence electrons. The molecule has 1 amide bonds. The lowest BCUT2D eigenvalue weighted by Gasteiger charge is -2.35. The molecule has 7 heteroatoms. The van der Waals surface area contributed by atoms with E-state index in [0.717, 1.165) is 41.7 Å². The number of aliphatic hydroxyl groups is 1. The molecule has 1 aliphatic rings. The quantitative estimate of drug-likeness (QED) is 0.633. The number of amides is 1. The summed E-state index contributed by atoms with van der Waals surface area (Å²) in [6.07, 6.45) is 8.24. The molecule has 0 radical (unpaired) electrons. The fraction of sp³-hybridized carbons (Fsp3) is 0.476. The monoisotopic (exact) mass is 381 g/mol. The first-order chi connectivity index (χ1) is 13.5. The summed E-state index contributed by atoms with van der Waals surface area (Å²) in [5, 5.41) is 13.7. The molecular formula is C21H27N5O2. The number of nitrogens with zero attached hydrogens (tertiary/aromatic N) is 3. The molecule has 1 saturated carbocycles. The normalized spacial score (nSPS) is 22.5. The molecule has 2 aromatic heterocycles. The number of imidazole rings is 2. The summed E-state index contributed by atoms with van der Waals surface area (Å²) in [7, 11) is 0. The predicted octanol–water partition coefficient (Wildman–Crippen LogP) is 2.58. The number of nitrogens with one attached hydrogen (secondary N) is 2. The highest BCUT2D eigenvalue weighted by atomic mass is 16.3. The third kappa shape index (κ3) is 3.80. The number of H-pyrrole nitrogens is 1. The summed E-state index contributed by atoms with van der Waals surface area (Å²) in [5.41, 5.74) is 4.31. The van der Waals surface area contributed by atoms with Crippen molar-refractivity contribution in [1.82, 2.24) is 24.8 Å². The van der Waals surface area contributed by atoms with Crippen molar-refractivity contribution in [2.45, 2.75) is 64.1 Å². The van der Waals surface area contributed by atoms with Gasteiger partial charge >= 0.3 is 0 Å². The Morgan fingerprint density at radius 3 is 3.00 bits per heavy atom. The van der Waals surface area contributed by atoms with Gasteiger partial charge < -0.3 is 20.0 Å². The lowest BCUT2D eigenvalue weighted by Crippen LogP contribution is -2.49. The first-order valence-corrected chi connectivity index (χ1v) is 9.92. The average Bonchev–Trinajstić information content (AvgIpc) is 3.31. The minimum atomic E-state index is -0.608. The molecule has 1 fully saturated rings. The van der Waals surface area contributed by atoms with Crippen molar-refractivity contribution >= 4 is 16.9 Å². The van der Waals surface area contributed by atoms with Gasteiger partial charge in [-0.15, -0.1) is 0 Å². The van der Waals surface area contributed by atoms with Crippen LogP contribution in [0.1, 0.15) is 48.7 Å². The van der Waals surface area contributed by atoms with E-state index < -0.39 is 6.10 Å². The molecule has 0 bridgehead atoms. The van der Waals surface area contributed by atoms with E-state index in [1.54, 1.807) is 12.5 Å². The third-order valence-corrected chi connectivity index (χ3v) is 5.64. The van der Waals surface area contributed by atoms with Crippen LogP contribution in [-0.4, -0.2) is 42.7 Å². The lowest BCUT2D eigenvalue weighted by atomic mass is 9.88. The van der Waals surface area contributed by atoms with Crippen molar-refractivity contribution in [2.24, 2.45) is 0 Å². The van der Waals surface area contributed by atoms with Crippen LogP contribution in [0, 0.1) is 13.8 Å². The predicted molar refractivity (Wildman–Crippen MR) is 107 cm³/mol. The van der Waals surface area contributed by atoms with E-state index in [2.05, 4.69) is 39.3 Å². The second kappa shape index (κ2) is 7.75. The fourth-order valence-corrected chi connectivity index (χ4v) is 4.26. The number of aromatic amines is 1. The van der Waals surface area contributed by atoms with Gasteiger partial charge in [-0.2, -0.15) is 0 Å². The zero-order valence-electron chi connectivity index (χ0n) is 16.4. The van der Waals surface area contributed by atoms with Crippen molar-refractivity contribution in [3.8, 4) is 0 Å². The molecule has 3 N–H and O–H groups in total. The Bertz CT molecular complexity index is 963. The summed E-state index contributed by atoms with van der Waals surface area (Å²) in [6, 6.07) is 3.92. The largest absolute Gasteiger partial charge is 0.389 e. The molecule has 1 aliphatic carbocycles. The highest BCUT2D eigenvalue weighted by Crippen LogP contribution is 2.29. The van der Waals surface area contributed by atoms with Crippen LogP contribution >= 0.6 is 0 Å². The van der Waals surface area contributed by atoms with Gasteiger partial charge in [-0.05, 0) is 50.3 Å². The van der Waals surface area contributed by atoms with Crippen LogP contribution in [0.3, 0.4) is 0 Å². The number of aromatic nitrogens is 4. The van der Waals surface area contributed by atoms with Crippen LogP contribution in [0.25, 0.3) is 11.0 Å². The minimum absolute atomic E-state index is 0.0388. The molecule has 1 aromatic carbocycles. The summed E-state index contributed by atoms with van der Waals surface area (Å²) >= 11 is 0. The molecule has 2 heterocycles. The molecule has 3 atom stereocenters. The molecule has 0 unspecified atom stereocenters. The number of rotatable bonds is 5. The summed E-state index contributed by atoms with van der Waals surface area (Å²) < 4.78 is 1.93. The number of aryl methyl sites for hydroxylation is 3. The Morgan fingerprint density at radius 1 is 1.36 bits per heavy atom. The van der Waals surface area contributed by atoms with Crippen LogP contribution in [0.2, 0.25) is 0 Å². The van der Waals surface area contributed by atoms with Gasteiger partial charge in [-0.3, -0.25) is 4.79 Å². The lowest BCUT2D eigenvalue weighted by molar-refractivity contribution is -0.123. The van der Waals surface area contributed by atoms with E-state index in [4.69, 9.17) is 0 Å². The summed E-state index contributed by atoms with van der Waals surface area (Å²) in [6.45, 7) is 4.11. The number of benzene rings is 1. The van der Waals surface area contributed by atoms with E-state index in [1.807, 2.05) is 17.7 Å². The van der Waals surface area contributed by atoms with Crippen molar-refractivity contribution < 1.29 is 9.90 Å². The molecule has 4 rings (SSSR count). The van der Waals surface area contributed by atoms with Crippen LogP contribution in [0.15, 0.2) is 30.9 Å². The standard InChI is InChI=1S/C21H27N5O2/c1-13-10-14(2)20-16(11-13)23-18(25-20)6-7-19(27)24-15-4-3-5-17(21(15)28)26-9-8-22-12-26/h8-12,15,17,21,28H,3-7H2,1-2H3,(H,23,25)(H,24,27)/t15-,17-,21-/m1/s1. The smallest absolute Gasteiger partial charge is 0.220 e. The van der Waals surface area contributed by atoms with Gasteiger partial charge in [-0.25, -0.2) is 9.97 Å². The number of fused-ring (bicyclic) bond motifs is 1. The van der Waals surface area contributed by atoms with E-state index in [9.17, 15) is 9.90 Å². The Kier molecular flexibility index (Phi) is 5.17. The Labute approximate surface area is 164 Å². The zero-order valence-corrected chi connectivity index (χ0v) is 16.4. The van der Waals surface area contributed by atoms with Gasteiger partial charge in [-0.1, -0.05) is 6.07 Å². The molecule has 0 spiro atoms. The first-order valence-electron chi connectivity index (χ1n) is 9.92. The molecule has 3 aromatic rings. The van der Waals surface area contributed by atoms with Crippen LogP contribution in [-0.2, 0) is 11.2 Å². The third-order valence-electron chi connectivity index (χ3n) is 5.64. The Balaban J connectivity index is 1.36. The highest BCUT2D eigenvalue weighted by molar-refractivity contribution is 5.80. The van der Waals surface area contributed by atoms with Crippen molar-refractivity contribution in [3.63, 3.8) is 0 Å². The van der Waals surface area contributed by atoms with E-state index in [-0.39, 0.29) is 18.0 Å². The SMILES string of the molecule is Cc1cc(C)c2nc(CCC(=O)N[C@@H]3CCC[C@@H](n4ccnc4)[C@@H]3O)[nH]c2c1. The van der Waals surface area contributed by atoms with E-state index >= 15 is 0 Å². The number of carbonyl (C=O) groups is 1. The van der Waals surface area contributed by atoms with Crippen molar-refractivity contribution in [1.29, 1.82) is 0 Å². The Hall–Kier alpha value is -2.67. The second-order valence-corrected chi connectivity index (χ2v) is 7.83. The van der Waals surface area contributed by atoms with Crippen LogP contribution in [0.5, 0.6) is 0 Å². The van der Waals surface area contributed by atoms with E-state index in [0.29, 0.717) is 12.8 Å². The zero-order chi connectivity index (χ0) is 19.7. The first kappa shape index (κ1) is 18.7. The summed E-state index contributed by atoms with van der Waals surface area (Å²) in [4.78, 5) is 24.5. The molecule has 0 saturated heterocycles. The van der Waals surface area contributed by atoms with Crippen LogP contribution in [0.4, 0.5) is 0 Å². The van der Waals surface area contributed by atoms with Crippen molar-refractivity contribution in [2.75, 3.05) is 0 Å². The molecular weight excluding hydrogens is 354 g/mol. The maximum atomic E-state index is 12.5. The highest BCUT2D eigenvalue weighted by Gasteiger charge is 2.33. The topological polar surface area (TPSA) is 95.8 Å². The minimum Gasteiger partial charge on any atom is -0.389 e. The fourth-order valence-electron chi connectivity index (χ4n) is 4.26. The van der Waals surface area contributed by atoms with Gasteiger partial charge in [0.1, 0.15) is 5.82 Å². The van der Waals surface area contributed by atoms with Gasteiger partial charge in [0.2, 0.25) is 5.91 Å². The number of carbonyl (C=O) groups excluding carboxylic acids is 1. The molecule has 0 aliphatic heterocycles. The number of aliphatic hydroxyl groups excluding tert-OH is 1. The van der Waals surface area contributed by atoms with Gasteiger partial charge in [0, 0.05) is 25.2 Å². The summed E-state index contributed by atoms with van der Waals surface area (Å²) in [5.74, 6) is 0.767. The van der Waals surface area contributed by atoms with E-state index in [1.165, 1.54) is 5.56 Å². The maximum Gasteiger partial charge on any atom is 0.220 e. The van der Waals surface area contributed by atoms with Gasteiger partial charge in [0.25, 0.3) is 0 Å². The second-order valence-electron chi connectivity index (χ2n) is 7.83. The van der Waals surface area contributed by atoms with Crippen LogP contribution < -0.4 is 5.32 Å². The molecule has 28 heavy (non-hydrogen) atoms.